The van der Waals surface area contributed by atoms with E-state index in [2.05, 4.69) is 0 Å². The molecule has 22 heavy (non-hydrogen) atoms. The van der Waals surface area contributed by atoms with Crippen molar-refractivity contribution in [1.82, 2.24) is 0 Å². The first kappa shape index (κ1) is 18.3. The summed E-state index contributed by atoms with van der Waals surface area (Å²) in [5, 5.41) is -0.513. The molecule has 0 saturated carbocycles. The second-order valence-electron chi connectivity index (χ2n) is 4.60. The van der Waals surface area contributed by atoms with E-state index in [9.17, 15) is 19.2 Å². The molecular weight excluding hydrogens is 316 g/mol. The molecule has 1 aliphatic heterocycles. The summed E-state index contributed by atoms with van der Waals surface area (Å²) in [6.45, 7) is 4.80. The molecule has 0 aromatic carbocycles. The molecular formula is C13H18O8S. The molecule has 0 aromatic rings. The van der Waals surface area contributed by atoms with Gasteiger partial charge in [0.1, 0.15) is 6.61 Å². The molecule has 0 amide bonds. The summed E-state index contributed by atoms with van der Waals surface area (Å²) in [5.41, 5.74) is -0.841. The summed E-state index contributed by atoms with van der Waals surface area (Å²) in [5.74, 6) is -2.25. The van der Waals surface area contributed by atoms with Crippen LogP contribution in [0.2, 0.25) is 0 Å². The van der Waals surface area contributed by atoms with Crippen LogP contribution in [0.4, 0.5) is 0 Å². The summed E-state index contributed by atoms with van der Waals surface area (Å²) in [6, 6.07) is 0. The van der Waals surface area contributed by atoms with Crippen molar-refractivity contribution in [3.63, 3.8) is 0 Å². The quantitative estimate of drug-likeness (QED) is 0.522. The van der Waals surface area contributed by atoms with Crippen molar-refractivity contribution in [1.29, 1.82) is 0 Å². The van der Waals surface area contributed by atoms with Gasteiger partial charge in [0, 0.05) is 27.7 Å². The highest BCUT2D eigenvalue weighted by Gasteiger charge is 2.50. The van der Waals surface area contributed by atoms with Crippen molar-refractivity contribution in [2.24, 2.45) is 0 Å². The van der Waals surface area contributed by atoms with Crippen LogP contribution in [0.1, 0.15) is 27.7 Å². The van der Waals surface area contributed by atoms with Crippen LogP contribution < -0.4 is 0 Å². The van der Waals surface area contributed by atoms with Gasteiger partial charge in [0.2, 0.25) is 0 Å². The third kappa shape index (κ3) is 5.55. The van der Waals surface area contributed by atoms with Crippen molar-refractivity contribution >= 4 is 35.6 Å². The number of rotatable bonds is 5. The van der Waals surface area contributed by atoms with Gasteiger partial charge in [0.15, 0.2) is 17.6 Å². The molecule has 0 aliphatic carbocycles. The number of thioether (sulfide) groups is 1. The van der Waals surface area contributed by atoms with E-state index in [-0.39, 0.29) is 6.61 Å². The van der Waals surface area contributed by atoms with Crippen LogP contribution in [0.3, 0.4) is 0 Å². The minimum absolute atomic E-state index is 0.0620. The van der Waals surface area contributed by atoms with Crippen LogP contribution in [0.5, 0.6) is 0 Å². The Balaban J connectivity index is 2.94. The SMILES string of the molecule is CC(=O)OC[C@@H]1S[C@H](OC(C)=O)[C@@H](OC(C)=O)[C@H]1OC(C)=O. The van der Waals surface area contributed by atoms with Crippen LogP contribution in [0, 0.1) is 0 Å². The Bertz CT molecular complexity index is 463. The summed E-state index contributed by atoms with van der Waals surface area (Å²) in [6.07, 6.45) is -1.84. The van der Waals surface area contributed by atoms with Crippen molar-refractivity contribution in [3.8, 4) is 0 Å². The van der Waals surface area contributed by atoms with Gasteiger partial charge in [-0.05, 0) is 0 Å². The zero-order chi connectivity index (χ0) is 16.9. The zero-order valence-electron chi connectivity index (χ0n) is 12.7. The van der Waals surface area contributed by atoms with Gasteiger partial charge >= 0.3 is 23.9 Å². The molecule has 0 N–H and O–H groups in total. The number of ether oxygens (including phenoxy) is 4. The van der Waals surface area contributed by atoms with Crippen LogP contribution in [0.25, 0.3) is 0 Å². The van der Waals surface area contributed by atoms with Gasteiger partial charge in [-0.15, -0.1) is 11.8 Å². The van der Waals surface area contributed by atoms with Gasteiger partial charge in [-0.2, -0.15) is 0 Å². The molecule has 0 radical (unpaired) electrons. The van der Waals surface area contributed by atoms with Crippen molar-refractivity contribution in [2.75, 3.05) is 6.61 Å². The molecule has 1 saturated heterocycles. The van der Waals surface area contributed by atoms with Gasteiger partial charge in [-0.25, -0.2) is 0 Å². The molecule has 1 fully saturated rings. The lowest BCUT2D eigenvalue weighted by atomic mass is 10.1. The molecule has 1 heterocycles. The number of hydrogen-bond donors (Lipinski definition) is 0. The third-order valence-corrected chi connectivity index (χ3v) is 3.99. The van der Waals surface area contributed by atoms with Gasteiger partial charge < -0.3 is 18.9 Å². The van der Waals surface area contributed by atoms with E-state index in [1.54, 1.807) is 0 Å². The molecule has 0 aromatic heterocycles. The summed E-state index contributed by atoms with van der Waals surface area (Å²) in [4.78, 5) is 44.6. The lowest BCUT2D eigenvalue weighted by Gasteiger charge is -2.24. The van der Waals surface area contributed by atoms with Gasteiger partial charge in [-0.3, -0.25) is 19.2 Å². The highest BCUT2D eigenvalue weighted by molar-refractivity contribution is 8.00. The molecule has 0 bridgehead atoms. The molecule has 4 atom stereocenters. The average molecular weight is 334 g/mol. The van der Waals surface area contributed by atoms with Crippen molar-refractivity contribution in [3.05, 3.63) is 0 Å². The Labute approximate surface area is 131 Å². The van der Waals surface area contributed by atoms with Gasteiger partial charge in [-0.1, -0.05) is 0 Å². The number of esters is 4. The van der Waals surface area contributed by atoms with E-state index in [1.165, 1.54) is 27.7 Å². The maximum Gasteiger partial charge on any atom is 0.303 e. The Hall–Kier alpha value is -1.77. The Morgan fingerprint density at radius 1 is 0.773 bits per heavy atom. The zero-order valence-corrected chi connectivity index (χ0v) is 13.5. The summed E-state index contributed by atoms with van der Waals surface area (Å²) in [7, 11) is 0. The first-order chi connectivity index (χ1) is 10.2. The standard InChI is InChI=1S/C13H18O8S/c1-6(14)18-5-10-11(19-7(2)15)12(20-8(3)16)13(22-10)21-9(4)17/h10-13H,5H2,1-4H3/t10-,11-,12-,13-/m0/s1. The van der Waals surface area contributed by atoms with E-state index in [0.717, 1.165) is 11.8 Å². The van der Waals surface area contributed by atoms with E-state index in [4.69, 9.17) is 18.9 Å². The van der Waals surface area contributed by atoms with E-state index in [1.807, 2.05) is 0 Å². The minimum Gasteiger partial charge on any atom is -0.465 e. The van der Waals surface area contributed by atoms with E-state index < -0.39 is 46.8 Å². The van der Waals surface area contributed by atoms with E-state index in [0.29, 0.717) is 0 Å². The fourth-order valence-corrected chi connectivity index (χ4v) is 3.35. The van der Waals surface area contributed by atoms with Crippen LogP contribution >= 0.6 is 11.8 Å². The molecule has 1 rings (SSSR count). The minimum atomic E-state index is -0.962. The predicted molar refractivity (Wildman–Crippen MR) is 74.7 cm³/mol. The highest BCUT2D eigenvalue weighted by atomic mass is 32.2. The first-order valence-corrected chi connectivity index (χ1v) is 7.45. The number of carbonyl (C=O) groups excluding carboxylic acids is 4. The van der Waals surface area contributed by atoms with Gasteiger partial charge in [0.25, 0.3) is 0 Å². The second-order valence-corrected chi connectivity index (χ2v) is 5.95. The molecule has 1 aliphatic rings. The molecule has 9 heteroatoms. The second kappa shape index (κ2) is 8.02. The van der Waals surface area contributed by atoms with Crippen molar-refractivity contribution < 1.29 is 38.1 Å². The number of hydrogen-bond acceptors (Lipinski definition) is 9. The molecule has 8 nitrogen and oxygen atoms in total. The first-order valence-electron chi connectivity index (χ1n) is 6.51. The third-order valence-electron chi connectivity index (χ3n) is 2.60. The molecule has 0 unspecified atom stereocenters. The van der Waals surface area contributed by atoms with Gasteiger partial charge in [0.05, 0.1) is 5.25 Å². The average Bonchev–Trinajstić information content (AvgIpc) is 2.63. The lowest BCUT2D eigenvalue weighted by Crippen LogP contribution is -2.42. The molecule has 0 spiro atoms. The monoisotopic (exact) mass is 334 g/mol. The summed E-state index contributed by atoms with van der Waals surface area (Å²) < 4.78 is 20.3. The van der Waals surface area contributed by atoms with Crippen LogP contribution in [-0.2, 0) is 38.1 Å². The Morgan fingerprint density at radius 3 is 1.73 bits per heavy atom. The van der Waals surface area contributed by atoms with E-state index >= 15 is 0 Å². The smallest absolute Gasteiger partial charge is 0.303 e. The largest absolute Gasteiger partial charge is 0.465 e. The lowest BCUT2D eigenvalue weighted by molar-refractivity contribution is -0.173. The topological polar surface area (TPSA) is 105 Å². The maximum absolute atomic E-state index is 11.3. The molecule has 124 valence electrons. The Morgan fingerprint density at radius 2 is 1.27 bits per heavy atom. The predicted octanol–water partition coefficient (Wildman–Crippen LogP) is 0.417. The fraction of sp³-hybridized carbons (Fsp3) is 0.692. The van der Waals surface area contributed by atoms with Crippen molar-refractivity contribution in [2.45, 2.75) is 50.6 Å². The maximum atomic E-state index is 11.3. The highest BCUT2D eigenvalue weighted by Crippen LogP contribution is 2.39. The summed E-state index contributed by atoms with van der Waals surface area (Å²) >= 11 is 1.11. The Kier molecular flexibility index (Phi) is 6.66. The van der Waals surface area contributed by atoms with Crippen LogP contribution in [-0.4, -0.2) is 53.4 Å². The fourth-order valence-electron chi connectivity index (χ4n) is 1.93. The van der Waals surface area contributed by atoms with Crippen LogP contribution in [0.15, 0.2) is 0 Å². The number of carbonyl (C=O) groups is 4. The normalized spacial score (nSPS) is 26.9.